The van der Waals surface area contributed by atoms with Crippen LogP contribution in [-0.4, -0.2) is 33.3 Å². The number of rotatable bonds is 6. The Balaban J connectivity index is 1.98. The van der Waals surface area contributed by atoms with E-state index in [2.05, 4.69) is 48.0 Å². The summed E-state index contributed by atoms with van der Waals surface area (Å²) >= 11 is 0. The Bertz CT molecular complexity index is 492. The van der Waals surface area contributed by atoms with Crippen LogP contribution in [0.5, 0.6) is 0 Å². The van der Waals surface area contributed by atoms with Crippen LogP contribution in [0, 0.1) is 6.92 Å². The molecule has 0 aliphatic carbocycles. The summed E-state index contributed by atoms with van der Waals surface area (Å²) in [7, 11) is 2.15. The molecule has 0 fully saturated rings. The first-order valence-corrected chi connectivity index (χ1v) is 6.82. The summed E-state index contributed by atoms with van der Waals surface area (Å²) in [5, 5.41) is 4.32. The lowest BCUT2D eigenvalue weighted by atomic mass is 10.1. The van der Waals surface area contributed by atoms with Crippen molar-refractivity contribution in [3.63, 3.8) is 0 Å². The van der Waals surface area contributed by atoms with Gasteiger partial charge in [0.25, 0.3) is 0 Å². The number of aromatic nitrogens is 3. The van der Waals surface area contributed by atoms with Crippen LogP contribution >= 0.6 is 0 Å². The summed E-state index contributed by atoms with van der Waals surface area (Å²) < 4.78 is 2.04. The Labute approximate surface area is 115 Å². The van der Waals surface area contributed by atoms with Crippen LogP contribution in [0.4, 0.5) is 0 Å². The molecule has 2 heterocycles. The molecule has 2 aromatic heterocycles. The normalized spacial score (nSPS) is 12.8. The summed E-state index contributed by atoms with van der Waals surface area (Å²) in [4.78, 5) is 6.82. The maximum Gasteiger partial charge on any atom is 0.0575 e. The fourth-order valence-corrected chi connectivity index (χ4v) is 2.36. The Morgan fingerprint density at radius 2 is 2.11 bits per heavy atom. The van der Waals surface area contributed by atoms with Gasteiger partial charge in [0.1, 0.15) is 0 Å². The zero-order chi connectivity index (χ0) is 13.7. The van der Waals surface area contributed by atoms with Gasteiger partial charge >= 0.3 is 0 Å². The highest BCUT2D eigenvalue weighted by atomic mass is 15.3. The molecular weight excluding hydrogens is 236 g/mol. The molecule has 0 N–H and O–H groups in total. The van der Waals surface area contributed by atoms with Crippen molar-refractivity contribution >= 4 is 0 Å². The Morgan fingerprint density at radius 3 is 2.68 bits per heavy atom. The maximum absolute atomic E-state index is 4.47. The number of hydrogen-bond acceptors (Lipinski definition) is 3. The van der Waals surface area contributed by atoms with Gasteiger partial charge in [-0.05, 0) is 38.6 Å². The van der Waals surface area contributed by atoms with E-state index >= 15 is 0 Å². The molecule has 0 unspecified atom stereocenters. The van der Waals surface area contributed by atoms with Gasteiger partial charge in [0.05, 0.1) is 18.3 Å². The van der Waals surface area contributed by atoms with Gasteiger partial charge in [0, 0.05) is 24.6 Å². The summed E-state index contributed by atoms with van der Waals surface area (Å²) in [5.41, 5.74) is 2.35. The smallest absolute Gasteiger partial charge is 0.0575 e. The number of aryl methyl sites for hydroxylation is 1. The lowest BCUT2D eigenvalue weighted by molar-refractivity contribution is 0.222. The van der Waals surface area contributed by atoms with Gasteiger partial charge in [-0.15, -0.1) is 0 Å². The third kappa shape index (κ3) is 3.41. The van der Waals surface area contributed by atoms with Crippen molar-refractivity contribution in [2.75, 3.05) is 13.6 Å². The standard InChI is InChI=1S/C15H22N4/c1-4-15(14-7-5-6-9-16-14)18(3)11-12-19-13(2)8-10-17-19/h5-10,15H,4,11-12H2,1-3H3/t15-/m0/s1. The van der Waals surface area contributed by atoms with Crippen LogP contribution in [0.1, 0.15) is 30.8 Å². The van der Waals surface area contributed by atoms with Crippen molar-refractivity contribution < 1.29 is 0 Å². The maximum atomic E-state index is 4.47. The highest BCUT2D eigenvalue weighted by Gasteiger charge is 2.15. The molecule has 0 amide bonds. The van der Waals surface area contributed by atoms with Crippen LogP contribution in [0.15, 0.2) is 36.7 Å². The zero-order valence-corrected chi connectivity index (χ0v) is 12.0. The monoisotopic (exact) mass is 258 g/mol. The highest BCUT2D eigenvalue weighted by molar-refractivity contribution is 5.08. The molecule has 2 rings (SSSR count). The van der Waals surface area contributed by atoms with E-state index in [-0.39, 0.29) is 0 Å². The van der Waals surface area contributed by atoms with Crippen LogP contribution < -0.4 is 0 Å². The van der Waals surface area contributed by atoms with E-state index in [0.29, 0.717) is 6.04 Å². The molecule has 19 heavy (non-hydrogen) atoms. The molecule has 0 aromatic carbocycles. The fourth-order valence-electron chi connectivity index (χ4n) is 2.36. The second-order valence-corrected chi connectivity index (χ2v) is 4.85. The molecule has 0 radical (unpaired) electrons. The lowest BCUT2D eigenvalue weighted by Crippen LogP contribution is -2.28. The molecule has 4 heteroatoms. The molecular formula is C15H22N4. The first-order valence-electron chi connectivity index (χ1n) is 6.82. The van der Waals surface area contributed by atoms with Crippen molar-refractivity contribution in [1.29, 1.82) is 0 Å². The molecule has 2 aromatic rings. The van der Waals surface area contributed by atoms with Crippen molar-refractivity contribution in [2.45, 2.75) is 32.9 Å². The SMILES string of the molecule is CC[C@@H](c1ccccn1)N(C)CCn1nccc1C. The zero-order valence-electron chi connectivity index (χ0n) is 12.0. The summed E-state index contributed by atoms with van der Waals surface area (Å²) in [6.07, 6.45) is 4.78. The van der Waals surface area contributed by atoms with E-state index in [9.17, 15) is 0 Å². The molecule has 0 bridgehead atoms. The third-order valence-electron chi connectivity index (χ3n) is 3.54. The first-order chi connectivity index (χ1) is 9.22. The molecule has 0 saturated heterocycles. The topological polar surface area (TPSA) is 34.0 Å². The molecule has 1 atom stereocenters. The highest BCUT2D eigenvalue weighted by Crippen LogP contribution is 2.20. The summed E-state index contributed by atoms with van der Waals surface area (Å²) in [6, 6.07) is 8.52. The lowest BCUT2D eigenvalue weighted by Gasteiger charge is -2.26. The van der Waals surface area contributed by atoms with Crippen molar-refractivity contribution in [2.24, 2.45) is 0 Å². The van der Waals surface area contributed by atoms with Crippen molar-refractivity contribution in [3.8, 4) is 0 Å². The van der Waals surface area contributed by atoms with E-state index in [1.807, 2.05) is 29.2 Å². The molecule has 0 aliphatic heterocycles. The van der Waals surface area contributed by atoms with Crippen LogP contribution in [0.3, 0.4) is 0 Å². The van der Waals surface area contributed by atoms with Crippen LogP contribution in [0.2, 0.25) is 0 Å². The number of nitrogens with zero attached hydrogens (tertiary/aromatic N) is 4. The van der Waals surface area contributed by atoms with Crippen LogP contribution in [-0.2, 0) is 6.54 Å². The van der Waals surface area contributed by atoms with E-state index < -0.39 is 0 Å². The minimum Gasteiger partial charge on any atom is -0.296 e. The molecule has 0 aliphatic rings. The Morgan fingerprint density at radius 1 is 1.26 bits per heavy atom. The van der Waals surface area contributed by atoms with Gasteiger partial charge in [-0.25, -0.2) is 0 Å². The second-order valence-electron chi connectivity index (χ2n) is 4.85. The van der Waals surface area contributed by atoms with Crippen molar-refractivity contribution in [3.05, 3.63) is 48.0 Å². The molecule has 0 spiro atoms. The van der Waals surface area contributed by atoms with Gasteiger partial charge in [-0.3, -0.25) is 14.6 Å². The predicted octanol–water partition coefficient (Wildman–Crippen LogP) is 2.67. The number of pyridine rings is 1. The first kappa shape index (κ1) is 13.7. The fraction of sp³-hybridized carbons (Fsp3) is 0.467. The van der Waals surface area contributed by atoms with E-state index in [0.717, 1.165) is 25.2 Å². The number of hydrogen-bond donors (Lipinski definition) is 0. The molecule has 4 nitrogen and oxygen atoms in total. The second kappa shape index (κ2) is 6.48. The van der Waals surface area contributed by atoms with E-state index in [1.54, 1.807) is 0 Å². The summed E-state index contributed by atoms with van der Waals surface area (Å²) in [6.45, 7) is 6.17. The van der Waals surface area contributed by atoms with Gasteiger partial charge in [-0.1, -0.05) is 13.0 Å². The van der Waals surface area contributed by atoms with Crippen molar-refractivity contribution in [1.82, 2.24) is 19.7 Å². The Hall–Kier alpha value is -1.68. The summed E-state index contributed by atoms with van der Waals surface area (Å²) in [5.74, 6) is 0. The quantitative estimate of drug-likeness (QED) is 0.799. The minimum atomic E-state index is 0.372. The van der Waals surface area contributed by atoms with Crippen LogP contribution in [0.25, 0.3) is 0 Å². The van der Waals surface area contributed by atoms with Gasteiger partial charge in [0.2, 0.25) is 0 Å². The minimum absolute atomic E-state index is 0.372. The third-order valence-corrected chi connectivity index (χ3v) is 3.54. The molecule has 102 valence electrons. The number of likely N-dealkylation sites (N-methyl/N-ethyl adjacent to an activating group) is 1. The Kier molecular flexibility index (Phi) is 4.68. The van der Waals surface area contributed by atoms with Gasteiger partial charge in [-0.2, -0.15) is 5.10 Å². The van der Waals surface area contributed by atoms with Gasteiger partial charge < -0.3 is 0 Å². The average Bonchev–Trinajstić information content (AvgIpc) is 2.84. The molecule has 0 saturated carbocycles. The largest absolute Gasteiger partial charge is 0.296 e. The van der Waals surface area contributed by atoms with E-state index in [4.69, 9.17) is 0 Å². The van der Waals surface area contributed by atoms with Gasteiger partial charge in [0.15, 0.2) is 0 Å². The predicted molar refractivity (Wildman–Crippen MR) is 76.9 cm³/mol. The van der Waals surface area contributed by atoms with E-state index in [1.165, 1.54) is 5.69 Å². The average molecular weight is 258 g/mol.